The van der Waals surface area contributed by atoms with E-state index in [9.17, 15) is 4.79 Å². The molecule has 2 amide bonds. The van der Waals surface area contributed by atoms with Crippen molar-refractivity contribution >= 4 is 19.9 Å². The van der Waals surface area contributed by atoms with E-state index in [-0.39, 0.29) is 17.2 Å². The summed E-state index contributed by atoms with van der Waals surface area (Å²) in [7, 11) is -0.238. The van der Waals surface area contributed by atoms with Gasteiger partial charge in [0.1, 0.15) is 5.75 Å². The summed E-state index contributed by atoms with van der Waals surface area (Å²) in [6.45, 7) is 18.0. The number of methoxy groups -OCH3 is 1. The van der Waals surface area contributed by atoms with Crippen LogP contribution in [-0.2, 0) is 17.5 Å². The van der Waals surface area contributed by atoms with Crippen LogP contribution < -0.4 is 10.1 Å². The molecule has 39 heavy (non-hydrogen) atoms. The molecular formula is C31H46N4O3Si. The van der Waals surface area contributed by atoms with E-state index in [4.69, 9.17) is 9.16 Å². The number of carbonyl (C=O) groups excluding carboxylic acids is 1. The van der Waals surface area contributed by atoms with Crippen molar-refractivity contribution in [3.05, 3.63) is 65.0 Å². The maximum Gasteiger partial charge on any atom is 0.318 e. The van der Waals surface area contributed by atoms with Crippen molar-refractivity contribution in [2.45, 2.75) is 77.9 Å². The molecule has 0 saturated carbocycles. The van der Waals surface area contributed by atoms with E-state index in [0.29, 0.717) is 19.6 Å². The van der Waals surface area contributed by atoms with E-state index in [1.807, 2.05) is 30.2 Å². The van der Waals surface area contributed by atoms with Gasteiger partial charge < -0.3 is 19.4 Å². The summed E-state index contributed by atoms with van der Waals surface area (Å²) in [5, 5.41) is 3.29. The quantitative estimate of drug-likeness (QED) is 0.388. The van der Waals surface area contributed by atoms with Crippen LogP contribution in [0.4, 0.5) is 4.79 Å². The third-order valence-electron chi connectivity index (χ3n) is 8.45. The molecule has 1 aromatic heterocycles. The molecule has 0 bridgehead atoms. The lowest BCUT2D eigenvalue weighted by Gasteiger charge is -2.41. The van der Waals surface area contributed by atoms with Gasteiger partial charge in [0, 0.05) is 56.7 Å². The Morgan fingerprint density at radius 3 is 2.62 bits per heavy atom. The molecule has 1 atom stereocenters. The second kappa shape index (κ2) is 12.2. The van der Waals surface area contributed by atoms with Crippen LogP contribution in [0.3, 0.4) is 0 Å². The molecule has 0 spiro atoms. The van der Waals surface area contributed by atoms with Gasteiger partial charge in [0.25, 0.3) is 0 Å². The molecule has 2 aliphatic rings. The molecule has 8 heteroatoms. The smallest absolute Gasteiger partial charge is 0.318 e. The number of pyridine rings is 1. The lowest BCUT2D eigenvalue weighted by molar-refractivity contribution is 0.117. The molecule has 0 radical (unpaired) electrons. The second-order valence-corrected chi connectivity index (χ2v) is 17.2. The summed E-state index contributed by atoms with van der Waals surface area (Å²) >= 11 is 0. The number of benzene rings is 1. The third-order valence-corrected chi connectivity index (χ3v) is 13.0. The van der Waals surface area contributed by atoms with Crippen LogP contribution >= 0.6 is 0 Å². The number of para-hydroxylation sites is 1. The first-order chi connectivity index (χ1) is 18.5. The number of fused-ring (bicyclic) bond motifs is 1. The van der Waals surface area contributed by atoms with Gasteiger partial charge in [0.2, 0.25) is 0 Å². The van der Waals surface area contributed by atoms with Crippen molar-refractivity contribution < 1.29 is 14.0 Å². The number of nitrogens with zero attached hydrogens (tertiary/aromatic N) is 3. The van der Waals surface area contributed by atoms with E-state index in [0.717, 1.165) is 49.5 Å². The monoisotopic (exact) mass is 550 g/mol. The van der Waals surface area contributed by atoms with Crippen molar-refractivity contribution in [3.63, 3.8) is 0 Å². The van der Waals surface area contributed by atoms with Crippen molar-refractivity contribution in [2.75, 3.05) is 33.3 Å². The number of amides is 2. The predicted molar refractivity (Wildman–Crippen MR) is 160 cm³/mol. The highest BCUT2D eigenvalue weighted by Gasteiger charge is 2.39. The highest BCUT2D eigenvalue weighted by atomic mass is 28.4. The van der Waals surface area contributed by atoms with E-state index in [2.05, 4.69) is 73.3 Å². The average molecular weight is 551 g/mol. The summed E-state index contributed by atoms with van der Waals surface area (Å²) in [5.41, 5.74) is 5.86. The number of hydrogen-bond donors (Lipinski definition) is 1. The van der Waals surface area contributed by atoms with Crippen molar-refractivity contribution in [2.24, 2.45) is 0 Å². The fourth-order valence-electron chi connectivity index (χ4n) is 5.10. The maximum absolute atomic E-state index is 13.0. The van der Waals surface area contributed by atoms with Crippen LogP contribution in [0.2, 0.25) is 18.1 Å². The van der Waals surface area contributed by atoms with E-state index in [1.165, 1.54) is 16.7 Å². The van der Waals surface area contributed by atoms with E-state index in [1.54, 1.807) is 7.11 Å². The van der Waals surface area contributed by atoms with Crippen LogP contribution in [0.1, 0.15) is 56.0 Å². The lowest BCUT2D eigenvalue weighted by Crippen LogP contribution is -2.48. The van der Waals surface area contributed by atoms with Crippen LogP contribution in [0.25, 0.3) is 5.57 Å². The Morgan fingerprint density at radius 1 is 1.18 bits per heavy atom. The van der Waals surface area contributed by atoms with Gasteiger partial charge in [0.05, 0.1) is 13.2 Å². The Bertz CT molecular complexity index is 1190. The van der Waals surface area contributed by atoms with E-state index >= 15 is 0 Å². The SMILES string of the molecule is COc1ccccc1C1=CCN(C[C@@H](CCNC(=O)N2Cc3cnc(C)cc3C2)O[Si](C)(C)C(C)(C)C)CC1. The van der Waals surface area contributed by atoms with Crippen LogP contribution in [0.15, 0.2) is 42.6 Å². The molecular weight excluding hydrogens is 504 g/mol. The largest absolute Gasteiger partial charge is 0.496 e. The number of aryl methyl sites for hydroxylation is 1. The van der Waals surface area contributed by atoms with Crippen molar-refractivity contribution in [1.29, 1.82) is 0 Å². The van der Waals surface area contributed by atoms with Crippen molar-refractivity contribution in [3.8, 4) is 5.75 Å². The zero-order chi connectivity index (χ0) is 28.2. The first kappa shape index (κ1) is 29.3. The summed E-state index contributed by atoms with van der Waals surface area (Å²) in [4.78, 5) is 21.7. The average Bonchev–Trinajstić information content (AvgIpc) is 3.31. The highest BCUT2D eigenvalue weighted by Crippen LogP contribution is 2.38. The molecule has 1 N–H and O–H groups in total. The van der Waals surface area contributed by atoms with Crippen LogP contribution in [0.5, 0.6) is 5.75 Å². The fourth-order valence-corrected chi connectivity index (χ4v) is 6.48. The van der Waals surface area contributed by atoms with Gasteiger partial charge in [0.15, 0.2) is 8.32 Å². The molecule has 0 saturated heterocycles. The lowest BCUT2D eigenvalue weighted by atomic mass is 9.98. The number of ether oxygens (including phenoxy) is 1. The first-order valence-corrected chi connectivity index (χ1v) is 17.1. The molecule has 212 valence electrons. The Balaban J connectivity index is 1.36. The van der Waals surface area contributed by atoms with Gasteiger partial charge in [-0.05, 0) is 66.7 Å². The molecule has 1 aromatic carbocycles. The summed E-state index contributed by atoms with van der Waals surface area (Å²) in [6, 6.07) is 10.3. The van der Waals surface area contributed by atoms with Gasteiger partial charge in [-0.2, -0.15) is 0 Å². The number of urea groups is 1. The number of carbonyl (C=O) groups is 1. The Kier molecular flexibility index (Phi) is 9.19. The van der Waals surface area contributed by atoms with Crippen molar-refractivity contribution in [1.82, 2.24) is 20.1 Å². The third kappa shape index (κ3) is 7.29. The number of aromatic nitrogens is 1. The molecule has 7 nitrogen and oxygen atoms in total. The summed E-state index contributed by atoms with van der Waals surface area (Å²) in [6.07, 6.45) is 6.06. The molecule has 2 aromatic rings. The van der Waals surface area contributed by atoms with Crippen LogP contribution in [-0.4, -0.2) is 68.5 Å². The predicted octanol–water partition coefficient (Wildman–Crippen LogP) is 5.99. The standard InChI is InChI=1S/C31H46N4O3Si/c1-23-18-25-20-35(21-26(25)19-33-23)30(36)32-15-12-27(38-39(6,7)31(2,3)4)22-34-16-13-24(14-17-34)28-10-8-9-11-29(28)37-5/h8-11,13,18-19,27H,12,14-17,20-22H2,1-7H3,(H,32,36)/t27-/m1/s1. The molecule has 0 aliphatic carbocycles. The van der Waals surface area contributed by atoms with Crippen LogP contribution in [0, 0.1) is 6.92 Å². The molecule has 0 fully saturated rings. The van der Waals surface area contributed by atoms with Gasteiger partial charge in [-0.25, -0.2) is 4.79 Å². The topological polar surface area (TPSA) is 66.9 Å². The van der Waals surface area contributed by atoms with Gasteiger partial charge in [-0.15, -0.1) is 0 Å². The van der Waals surface area contributed by atoms with E-state index < -0.39 is 8.32 Å². The minimum Gasteiger partial charge on any atom is -0.496 e. The zero-order valence-corrected chi connectivity index (χ0v) is 25.8. The normalized spacial score (nSPS) is 17.0. The van der Waals surface area contributed by atoms with Gasteiger partial charge >= 0.3 is 6.03 Å². The summed E-state index contributed by atoms with van der Waals surface area (Å²) in [5.74, 6) is 0.930. The fraction of sp³-hybridized carbons (Fsp3) is 0.548. The zero-order valence-electron chi connectivity index (χ0n) is 24.8. The Labute approximate surface area is 235 Å². The number of nitrogens with one attached hydrogen (secondary N) is 1. The Hall–Kier alpha value is -2.68. The molecule has 3 heterocycles. The van der Waals surface area contributed by atoms with Gasteiger partial charge in [-0.1, -0.05) is 45.0 Å². The Morgan fingerprint density at radius 2 is 1.92 bits per heavy atom. The molecule has 0 unspecified atom stereocenters. The van der Waals surface area contributed by atoms with Gasteiger partial charge in [-0.3, -0.25) is 9.88 Å². The maximum atomic E-state index is 13.0. The first-order valence-electron chi connectivity index (χ1n) is 14.2. The molecule has 4 rings (SSSR count). The minimum absolute atomic E-state index is 0.0164. The molecule has 2 aliphatic heterocycles. The number of rotatable bonds is 9. The second-order valence-electron chi connectivity index (χ2n) is 12.4. The number of hydrogen-bond acceptors (Lipinski definition) is 5. The summed E-state index contributed by atoms with van der Waals surface area (Å²) < 4.78 is 12.5. The minimum atomic E-state index is -1.97. The highest BCUT2D eigenvalue weighted by molar-refractivity contribution is 6.74.